The van der Waals surface area contributed by atoms with Gasteiger partial charge in [0.1, 0.15) is 11.8 Å². The van der Waals surface area contributed by atoms with E-state index in [9.17, 15) is 9.59 Å². The van der Waals surface area contributed by atoms with Gasteiger partial charge in [0.2, 0.25) is 0 Å². The Hall–Kier alpha value is -2.05. The Morgan fingerprint density at radius 3 is 2.73 bits per heavy atom. The van der Waals surface area contributed by atoms with Crippen LogP contribution in [0.4, 0.5) is 10.6 Å². The van der Waals surface area contributed by atoms with Crippen molar-refractivity contribution >= 4 is 17.8 Å². The van der Waals surface area contributed by atoms with Crippen LogP contribution in [0.15, 0.2) is 10.6 Å². The normalized spacial score (nSPS) is 11.9. The number of nitrogens with one attached hydrogen (secondary N) is 2. The maximum atomic E-state index is 11.2. The summed E-state index contributed by atoms with van der Waals surface area (Å²) in [6, 6.07) is -0.0819. The van der Waals surface area contributed by atoms with Crippen LogP contribution < -0.4 is 10.6 Å². The van der Waals surface area contributed by atoms with E-state index in [2.05, 4.69) is 15.8 Å². The predicted octanol–water partition coefficient (Wildman–Crippen LogP) is 0.578. The molecule has 0 aromatic carbocycles. The van der Waals surface area contributed by atoms with Crippen molar-refractivity contribution in [2.75, 3.05) is 5.32 Å². The lowest BCUT2D eigenvalue weighted by Gasteiger charge is -2.08. The molecule has 1 heterocycles. The second kappa shape index (κ2) is 4.45. The second-order valence-electron chi connectivity index (χ2n) is 2.98. The number of hydrogen-bond acceptors (Lipinski definition) is 4. The molecule has 82 valence electrons. The summed E-state index contributed by atoms with van der Waals surface area (Å²) in [6.07, 6.45) is 0. The van der Waals surface area contributed by atoms with E-state index in [1.807, 2.05) is 0 Å². The van der Waals surface area contributed by atoms with E-state index in [4.69, 9.17) is 9.63 Å². The second-order valence-corrected chi connectivity index (χ2v) is 2.98. The Balaban J connectivity index is 2.46. The molecule has 0 saturated carbocycles. The van der Waals surface area contributed by atoms with Gasteiger partial charge < -0.3 is 14.9 Å². The molecule has 0 saturated heterocycles. The number of carbonyl (C=O) groups excluding carboxylic acids is 1. The molecule has 7 nitrogen and oxygen atoms in total. The van der Waals surface area contributed by atoms with Crippen LogP contribution in [0.1, 0.15) is 12.7 Å². The van der Waals surface area contributed by atoms with Gasteiger partial charge in [-0.05, 0) is 13.8 Å². The van der Waals surface area contributed by atoms with Gasteiger partial charge in [-0.2, -0.15) is 0 Å². The molecule has 0 fully saturated rings. The summed E-state index contributed by atoms with van der Waals surface area (Å²) in [7, 11) is 0. The highest BCUT2D eigenvalue weighted by Gasteiger charge is 2.14. The molecule has 1 aromatic heterocycles. The van der Waals surface area contributed by atoms with E-state index in [0.717, 1.165) is 0 Å². The first-order valence-corrected chi connectivity index (χ1v) is 4.22. The summed E-state index contributed by atoms with van der Waals surface area (Å²) in [5, 5.41) is 16.6. The fourth-order valence-electron chi connectivity index (χ4n) is 0.836. The number of carboxylic acid groups (broad SMARTS) is 1. The van der Waals surface area contributed by atoms with Gasteiger partial charge in [-0.25, -0.2) is 4.79 Å². The van der Waals surface area contributed by atoms with Gasteiger partial charge in [0.15, 0.2) is 5.82 Å². The van der Waals surface area contributed by atoms with Crippen molar-refractivity contribution < 1.29 is 19.2 Å². The zero-order chi connectivity index (χ0) is 11.4. The summed E-state index contributed by atoms with van der Waals surface area (Å²) < 4.78 is 4.71. The largest absolute Gasteiger partial charge is 0.480 e. The number of aliphatic carboxylic acids is 1. The standard InChI is InChI=1S/C8H11N3O4/c1-4-3-6(11-15-4)10-8(14)9-5(2)7(12)13/h3,5H,1-2H3,(H,12,13)(H2,9,10,11,14). The van der Waals surface area contributed by atoms with Crippen molar-refractivity contribution in [2.45, 2.75) is 19.9 Å². The van der Waals surface area contributed by atoms with Crippen LogP contribution in [0.5, 0.6) is 0 Å². The Morgan fingerprint density at radius 2 is 2.27 bits per heavy atom. The molecule has 1 rings (SSSR count). The highest BCUT2D eigenvalue weighted by atomic mass is 16.5. The number of amides is 2. The van der Waals surface area contributed by atoms with Gasteiger partial charge in [0.05, 0.1) is 0 Å². The number of urea groups is 1. The van der Waals surface area contributed by atoms with Gasteiger partial charge in [0.25, 0.3) is 0 Å². The molecule has 0 aliphatic carbocycles. The zero-order valence-corrected chi connectivity index (χ0v) is 8.27. The summed E-state index contributed by atoms with van der Waals surface area (Å²) in [4.78, 5) is 21.6. The minimum absolute atomic E-state index is 0.239. The van der Waals surface area contributed by atoms with Crippen molar-refractivity contribution in [3.63, 3.8) is 0 Å². The van der Waals surface area contributed by atoms with Gasteiger partial charge in [-0.1, -0.05) is 5.16 Å². The van der Waals surface area contributed by atoms with E-state index in [1.165, 1.54) is 13.0 Å². The van der Waals surface area contributed by atoms with Crippen molar-refractivity contribution in [3.8, 4) is 0 Å². The lowest BCUT2D eigenvalue weighted by atomic mass is 10.3. The van der Waals surface area contributed by atoms with E-state index in [-0.39, 0.29) is 5.82 Å². The van der Waals surface area contributed by atoms with Crippen molar-refractivity contribution in [2.24, 2.45) is 0 Å². The summed E-state index contributed by atoms with van der Waals surface area (Å²) in [5.74, 6) is -0.319. The number of carboxylic acids is 1. The maximum absolute atomic E-state index is 11.2. The number of aryl methyl sites for hydroxylation is 1. The quantitative estimate of drug-likeness (QED) is 0.681. The van der Waals surface area contributed by atoms with Gasteiger partial charge in [-0.15, -0.1) is 0 Å². The third-order valence-electron chi connectivity index (χ3n) is 1.59. The molecule has 0 bridgehead atoms. The highest BCUT2D eigenvalue weighted by Crippen LogP contribution is 2.06. The number of nitrogens with zero attached hydrogens (tertiary/aromatic N) is 1. The van der Waals surface area contributed by atoms with Gasteiger partial charge >= 0.3 is 12.0 Å². The predicted molar refractivity (Wildman–Crippen MR) is 50.5 cm³/mol. The monoisotopic (exact) mass is 213 g/mol. The molecule has 1 atom stereocenters. The van der Waals surface area contributed by atoms with E-state index in [1.54, 1.807) is 6.92 Å². The molecule has 0 radical (unpaired) electrons. The third-order valence-corrected chi connectivity index (χ3v) is 1.59. The Kier molecular flexibility index (Phi) is 3.27. The van der Waals surface area contributed by atoms with Crippen molar-refractivity contribution in [1.29, 1.82) is 0 Å². The lowest BCUT2D eigenvalue weighted by molar-refractivity contribution is -0.138. The molecule has 1 unspecified atom stereocenters. The third kappa shape index (κ3) is 3.29. The topological polar surface area (TPSA) is 104 Å². The first kappa shape index (κ1) is 11.0. The van der Waals surface area contributed by atoms with Gasteiger partial charge in [0, 0.05) is 6.07 Å². The van der Waals surface area contributed by atoms with Crippen LogP contribution in [-0.2, 0) is 4.79 Å². The average molecular weight is 213 g/mol. The molecule has 0 spiro atoms. The van der Waals surface area contributed by atoms with Crippen LogP contribution >= 0.6 is 0 Å². The number of hydrogen-bond donors (Lipinski definition) is 3. The Morgan fingerprint density at radius 1 is 1.60 bits per heavy atom. The van der Waals surface area contributed by atoms with Crippen LogP contribution in [0, 0.1) is 6.92 Å². The van der Waals surface area contributed by atoms with Gasteiger partial charge in [-0.3, -0.25) is 10.1 Å². The van der Waals surface area contributed by atoms with E-state index >= 15 is 0 Å². The first-order chi connectivity index (χ1) is 6.99. The maximum Gasteiger partial charge on any atom is 0.325 e. The first-order valence-electron chi connectivity index (χ1n) is 4.22. The number of rotatable bonds is 3. The average Bonchev–Trinajstić information content (AvgIpc) is 2.50. The number of carbonyl (C=O) groups is 2. The fraction of sp³-hybridized carbons (Fsp3) is 0.375. The Labute approximate surface area is 85.4 Å². The minimum Gasteiger partial charge on any atom is -0.480 e. The molecule has 15 heavy (non-hydrogen) atoms. The molecule has 2 amide bonds. The number of aromatic nitrogens is 1. The van der Waals surface area contributed by atoms with Crippen LogP contribution in [0.25, 0.3) is 0 Å². The van der Waals surface area contributed by atoms with E-state index < -0.39 is 18.0 Å². The zero-order valence-electron chi connectivity index (χ0n) is 8.27. The fourth-order valence-corrected chi connectivity index (χ4v) is 0.836. The molecule has 0 aliphatic heterocycles. The minimum atomic E-state index is -1.11. The highest BCUT2D eigenvalue weighted by molar-refractivity contribution is 5.91. The van der Waals surface area contributed by atoms with Crippen LogP contribution in [0.2, 0.25) is 0 Å². The molecular weight excluding hydrogens is 202 g/mol. The molecule has 3 N–H and O–H groups in total. The smallest absolute Gasteiger partial charge is 0.325 e. The summed E-state index contributed by atoms with van der Waals surface area (Å²) in [6.45, 7) is 3.03. The SMILES string of the molecule is Cc1cc(NC(=O)NC(C)C(=O)O)no1. The summed E-state index contributed by atoms with van der Waals surface area (Å²) in [5.41, 5.74) is 0. The Bertz CT molecular complexity index is 374. The molecule has 7 heteroatoms. The van der Waals surface area contributed by atoms with Crippen LogP contribution in [0.3, 0.4) is 0 Å². The van der Waals surface area contributed by atoms with Crippen molar-refractivity contribution in [3.05, 3.63) is 11.8 Å². The van der Waals surface area contributed by atoms with Crippen LogP contribution in [-0.4, -0.2) is 28.3 Å². The molecule has 1 aromatic rings. The lowest BCUT2D eigenvalue weighted by Crippen LogP contribution is -2.40. The van der Waals surface area contributed by atoms with Crippen molar-refractivity contribution in [1.82, 2.24) is 10.5 Å². The molecule has 0 aliphatic rings. The van der Waals surface area contributed by atoms with E-state index in [0.29, 0.717) is 5.76 Å². The summed E-state index contributed by atoms with van der Waals surface area (Å²) >= 11 is 0. The molecular formula is C8H11N3O4. The number of anilines is 1.